The fraction of sp³-hybridized carbons (Fsp3) is 0.278. The molecule has 0 N–H and O–H groups in total. The molecule has 22 heavy (non-hydrogen) atoms. The molecular weight excluding hydrogens is 389 g/mol. The first-order valence-corrected chi connectivity index (χ1v) is 8.48. The summed E-state index contributed by atoms with van der Waals surface area (Å²) < 4.78 is 6.21. The van der Waals surface area contributed by atoms with Gasteiger partial charge < -0.3 is 9.64 Å². The first-order valence-electron chi connectivity index (χ1n) is 7.40. The van der Waals surface area contributed by atoms with Crippen molar-refractivity contribution in [2.24, 2.45) is 0 Å². The van der Waals surface area contributed by atoms with Gasteiger partial charge in [-0.25, -0.2) is 0 Å². The van der Waals surface area contributed by atoms with Crippen molar-refractivity contribution in [3.8, 4) is 5.75 Å². The lowest BCUT2D eigenvalue weighted by Crippen LogP contribution is -2.31. The maximum atomic E-state index is 12.9. The number of halogens is 1. The minimum absolute atomic E-state index is 0.128. The quantitative estimate of drug-likeness (QED) is 0.712. The summed E-state index contributed by atoms with van der Waals surface area (Å²) in [6.45, 7) is 0.820. The second-order valence-electron chi connectivity index (χ2n) is 5.41. The minimum atomic E-state index is 0.128. The normalized spacial score (nSPS) is 17.5. The topological polar surface area (TPSA) is 29.5 Å². The highest BCUT2D eigenvalue weighted by Crippen LogP contribution is 2.34. The van der Waals surface area contributed by atoms with Gasteiger partial charge in [0, 0.05) is 10.1 Å². The van der Waals surface area contributed by atoms with E-state index in [1.807, 2.05) is 41.3 Å². The van der Waals surface area contributed by atoms with Crippen LogP contribution in [0.3, 0.4) is 0 Å². The van der Waals surface area contributed by atoms with Gasteiger partial charge in [-0.3, -0.25) is 4.79 Å². The number of carbonyl (C=O) groups excluding carboxylic acids is 1. The highest BCUT2D eigenvalue weighted by Gasteiger charge is 2.31. The monoisotopic (exact) mass is 407 g/mol. The average molecular weight is 407 g/mol. The van der Waals surface area contributed by atoms with Crippen LogP contribution < -0.4 is 4.74 Å². The van der Waals surface area contributed by atoms with E-state index >= 15 is 0 Å². The van der Waals surface area contributed by atoms with E-state index < -0.39 is 0 Å². The van der Waals surface area contributed by atoms with E-state index in [9.17, 15) is 4.79 Å². The van der Waals surface area contributed by atoms with Crippen LogP contribution in [0.1, 0.15) is 34.8 Å². The van der Waals surface area contributed by atoms with Gasteiger partial charge in [0.2, 0.25) is 0 Å². The fourth-order valence-electron chi connectivity index (χ4n) is 2.97. The molecule has 1 aliphatic heterocycles. The van der Waals surface area contributed by atoms with Crippen molar-refractivity contribution in [3.05, 3.63) is 63.2 Å². The molecule has 0 bridgehead atoms. The van der Waals surface area contributed by atoms with Gasteiger partial charge in [0.05, 0.1) is 18.7 Å². The molecule has 3 nitrogen and oxygen atoms in total. The molecule has 0 aromatic heterocycles. The zero-order valence-electron chi connectivity index (χ0n) is 12.5. The van der Waals surface area contributed by atoms with E-state index in [0.717, 1.165) is 34.3 Å². The van der Waals surface area contributed by atoms with Crippen LogP contribution in [0.15, 0.2) is 48.5 Å². The van der Waals surface area contributed by atoms with E-state index in [4.69, 9.17) is 4.74 Å². The number of amides is 1. The molecule has 3 rings (SSSR count). The van der Waals surface area contributed by atoms with Crippen molar-refractivity contribution < 1.29 is 9.53 Å². The first-order chi connectivity index (χ1) is 10.7. The number of hydrogen-bond donors (Lipinski definition) is 0. The van der Waals surface area contributed by atoms with Crippen molar-refractivity contribution in [3.63, 3.8) is 0 Å². The smallest absolute Gasteiger partial charge is 0.255 e. The maximum Gasteiger partial charge on any atom is 0.255 e. The number of nitrogens with zero attached hydrogens (tertiary/aromatic N) is 1. The summed E-state index contributed by atoms with van der Waals surface area (Å²) in [6.07, 6.45) is 2.06. The van der Waals surface area contributed by atoms with E-state index in [1.165, 1.54) is 5.56 Å². The third kappa shape index (κ3) is 2.97. The Bertz CT molecular complexity index is 669. The molecular formula is C18H18INO2. The van der Waals surface area contributed by atoms with E-state index in [0.29, 0.717) is 0 Å². The summed E-state index contributed by atoms with van der Waals surface area (Å²) in [5, 5.41) is 0. The van der Waals surface area contributed by atoms with E-state index in [-0.39, 0.29) is 11.9 Å². The van der Waals surface area contributed by atoms with Gasteiger partial charge in [-0.2, -0.15) is 0 Å². The van der Waals surface area contributed by atoms with E-state index in [2.05, 4.69) is 34.7 Å². The summed E-state index contributed by atoms with van der Waals surface area (Å²) in [5.41, 5.74) is 1.97. The van der Waals surface area contributed by atoms with Gasteiger partial charge in [0.15, 0.2) is 0 Å². The van der Waals surface area contributed by atoms with Crippen LogP contribution in [0, 0.1) is 3.57 Å². The number of ether oxygens (including phenoxy) is 1. The summed E-state index contributed by atoms with van der Waals surface area (Å²) in [6, 6.07) is 16.0. The molecule has 1 atom stereocenters. The second kappa shape index (κ2) is 6.69. The summed E-state index contributed by atoms with van der Waals surface area (Å²) in [4.78, 5) is 14.9. The number of carbonyl (C=O) groups is 1. The lowest BCUT2D eigenvalue weighted by atomic mass is 10.0. The Morgan fingerprint density at radius 2 is 1.91 bits per heavy atom. The number of rotatable bonds is 3. The molecule has 1 aliphatic rings. The van der Waals surface area contributed by atoms with Gasteiger partial charge in [-0.05, 0) is 65.3 Å². The molecule has 1 fully saturated rings. The van der Waals surface area contributed by atoms with Gasteiger partial charge in [0.25, 0.3) is 5.91 Å². The summed E-state index contributed by atoms with van der Waals surface area (Å²) in [7, 11) is 1.66. The Morgan fingerprint density at radius 3 is 2.59 bits per heavy atom. The predicted molar refractivity (Wildman–Crippen MR) is 95.2 cm³/mol. The SMILES string of the molecule is COc1ccc(C2CCCN2C(=O)c2ccccc2I)cc1. The third-order valence-electron chi connectivity index (χ3n) is 4.12. The maximum absolute atomic E-state index is 12.9. The summed E-state index contributed by atoms with van der Waals surface area (Å²) >= 11 is 2.23. The fourth-order valence-corrected chi connectivity index (χ4v) is 3.59. The largest absolute Gasteiger partial charge is 0.497 e. The number of hydrogen-bond acceptors (Lipinski definition) is 2. The predicted octanol–water partition coefficient (Wildman–Crippen LogP) is 4.28. The Labute approximate surface area is 144 Å². The van der Waals surface area contributed by atoms with Crippen LogP contribution in [0.2, 0.25) is 0 Å². The van der Waals surface area contributed by atoms with Gasteiger partial charge in [0.1, 0.15) is 5.75 Å². The lowest BCUT2D eigenvalue weighted by molar-refractivity contribution is 0.0734. The van der Waals surface area contributed by atoms with Crippen LogP contribution in [0.25, 0.3) is 0 Å². The molecule has 114 valence electrons. The molecule has 2 aromatic carbocycles. The molecule has 1 heterocycles. The molecule has 0 radical (unpaired) electrons. The molecule has 2 aromatic rings. The number of benzene rings is 2. The van der Waals surface area contributed by atoms with E-state index in [1.54, 1.807) is 7.11 Å². The molecule has 0 aliphatic carbocycles. The zero-order valence-corrected chi connectivity index (χ0v) is 14.6. The van der Waals surface area contributed by atoms with Crippen LogP contribution in [0.4, 0.5) is 0 Å². The van der Waals surface area contributed by atoms with Crippen LogP contribution >= 0.6 is 22.6 Å². The Balaban J connectivity index is 1.86. The summed E-state index contributed by atoms with van der Waals surface area (Å²) in [5.74, 6) is 0.973. The molecule has 1 amide bonds. The number of methoxy groups -OCH3 is 1. The van der Waals surface area contributed by atoms with Crippen molar-refractivity contribution in [1.82, 2.24) is 4.90 Å². The lowest BCUT2D eigenvalue weighted by Gasteiger charge is -2.25. The van der Waals surface area contributed by atoms with Crippen molar-refractivity contribution in [2.75, 3.05) is 13.7 Å². The Morgan fingerprint density at radius 1 is 1.18 bits per heavy atom. The van der Waals surface area contributed by atoms with Crippen LogP contribution in [0.5, 0.6) is 5.75 Å². The van der Waals surface area contributed by atoms with Crippen molar-refractivity contribution >= 4 is 28.5 Å². The molecule has 1 saturated heterocycles. The van der Waals surface area contributed by atoms with Crippen LogP contribution in [-0.4, -0.2) is 24.5 Å². The Kier molecular flexibility index (Phi) is 4.66. The first kappa shape index (κ1) is 15.3. The Hall–Kier alpha value is -1.56. The van der Waals surface area contributed by atoms with Crippen LogP contribution in [-0.2, 0) is 0 Å². The van der Waals surface area contributed by atoms with Gasteiger partial charge in [-0.1, -0.05) is 24.3 Å². The highest BCUT2D eigenvalue weighted by molar-refractivity contribution is 14.1. The second-order valence-corrected chi connectivity index (χ2v) is 6.57. The average Bonchev–Trinajstić information content (AvgIpc) is 3.04. The minimum Gasteiger partial charge on any atom is -0.497 e. The highest BCUT2D eigenvalue weighted by atomic mass is 127. The molecule has 4 heteroatoms. The van der Waals surface area contributed by atoms with Crippen molar-refractivity contribution in [2.45, 2.75) is 18.9 Å². The molecule has 0 saturated carbocycles. The zero-order chi connectivity index (χ0) is 15.5. The van der Waals surface area contributed by atoms with Gasteiger partial charge in [-0.15, -0.1) is 0 Å². The van der Waals surface area contributed by atoms with Crippen molar-refractivity contribution in [1.29, 1.82) is 0 Å². The molecule has 1 unspecified atom stereocenters. The number of likely N-dealkylation sites (tertiary alicyclic amines) is 1. The van der Waals surface area contributed by atoms with Gasteiger partial charge >= 0.3 is 0 Å². The third-order valence-corrected chi connectivity index (χ3v) is 5.06. The standard InChI is InChI=1S/C18H18INO2/c1-22-14-10-8-13(9-11-14)17-7-4-12-20(17)18(21)15-5-2-3-6-16(15)19/h2-3,5-6,8-11,17H,4,7,12H2,1H3. The molecule has 0 spiro atoms.